The molecule has 4 aliphatic rings. The second-order valence-electron chi connectivity index (χ2n) is 14.5. The zero-order valence-electron chi connectivity index (χ0n) is 32.4. The lowest BCUT2D eigenvalue weighted by Gasteiger charge is -2.37. The number of hydrogen-bond donors (Lipinski definition) is 4. The van der Waals surface area contributed by atoms with Crippen molar-refractivity contribution in [3.05, 3.63) is 48.6 Å². The molecule has 52 heavy (non-hydrogen) atoms. The molecule has 4 heterocycles. The van der Waals surface area contributed by atoms with Gasteiger partial charge in [0.2, 0.25) is 0 Å². The molecule has 0 unspecified atom stereocenters. The van der Waals surface area contributed by atoms with E-state index in [1.165, 1.54) is 149 Å². The maximum absolute atomic E-state index is 3.39. The van der Waals surface area contributed by atoms with Gasteiger partial charge in [-0.15, -0.1) is 0 Å². The molecule has 0 aromatic heterocycles. The van der Waals surface area contributed by atoms with E-state index >= 15 is 0 Å². The summed E-state index contributed by atoms with van der Waals surface area (Å²) >= 11 is 13.5. The molecule has 312 valence electrons. The van der Waals surface area contributed by atoms with Crippen LogP contribution < -0.4 is 84.6 Å². The number of quaternary nitrogens is 4. The Balaban J connectivity index is -0.000000288. The zero-order valence-corrected chi connectivity index (χ0v) is 44.3. The van der Waals surface area contributed by atoms with Crippen LogP contribution in [0.3, 0.4) is 0 Å². The lowest BCUT2D eigenvalue weighted by Crippen LogP contribution is -3.00. The molecule has 0 aromatic rings. The summed E-state index contributed by atoms with van der Waals surface area (Å²) in [6.07, 6.45) is 17.9. The monoisotopic (exact) mass is 1200 g/mol. The Morgan fingerprint density at radius 3 is 0.635 bits per heavy atom. The van der Waals surface area contributed by atoms with Gasteiger partial charge in [-0.25, -0.2) is 0 Å². The van der Waals surface area contributed by atoms with Gasteiger partial charge in [-0.05, 0) is 24.3 Å². The third-order valence-electron chi connectivity index (χ3n) is 9.84. The van der Waals surface area contributed by atoms with Crippen molar-refractivity contribution in [3.63, 3.8) is 0 Å². The minimum Gasteiger partial charge on any atom is -1.00 e. The van der Waals surface area contributed by atoms with Crippen LogP contribution in [0.5, 0.6) is 0 Å². The molecule has 0 spiro atoms. The highest BCUT2D eigenvalue weighted by Gasteiger charge is 2.24. The Labute approximate surface area is 391 Å². The van der Waals surface area contributed by atoms with Crippen molar-refractivity contribution in [2.75, 3.05) is 180 Å². The van der Waals surface area contributed by atoms with Crippen LogP contribution in [0.4, 0.5) is 0 Å². The van der Waals surface area contributed by atoms with Crippen LogP contribution in [0.1, 0.15) is 0 Å². The Hall–Kier alpha value is 2.29. The van der Waals surface area contributed by atoms with Crippen LogP contribution in [0.25, 0.3) is 0 Å². The Kier molecular flexibility index (Phi) is 44.0. The van der Waals surface area contributed by atoms with E-state index in [1.54, 1.807) is 0 Å². The number of hydrogen-bond acceptors (Lipinski definition) is 4. The maximum atomic E-state index is 3.39. The number of alkyl halides is 4. The maximum Gasteiger partial charge on any atom is 0.0972 e. The first-order valence-corrected chi connectivity index (χ1v) is 22.6. The number of piperazine rings is 4. The molecule has 16 heteroatoms. The fourth-order valence-electron chi connectivity index (χ4n) is 6.04. The predicted octanol–water partition coefficient (Wildman–Crippen LogP) is -8.03. The van der Waals surface area contributed by atoms with Crippen LogP contribution in [-0.4, -0.2) is 198 Å². The highest BCUT2D eigenvalue weighted by Crippen LogP contribution is 2.07. The first-order chi connectivity index (χ1) is 23.1. The van der Waals surface area contributed by atoms with E-state index in [2.05, 4.69) is 162 Å². The van der Waals surface area contributed by atoms with Gasteiger partial charge < -0.3 is 103 Å². The molecule has 0 aliphatic carbocycles. The van der Waals surface area contributed by atoms with Gasteiger partial charge in [-0.3, -0.25) is 0 Å². The Morgan fingerprint density at radius 1 is 0.346 bits per heavy atom. The summed E-state index contributed by atoms with van der Waals surface area (Å²) in [4.78, 5) is 0. The van der Waals surface area contributed by atoms with Crippen LogP contribution >= 0.6 is 63.7 Å². The number of allylic oxidation sites excluding steroid dienone is 4. The predicted molar refractivity (Wildman–Crippen MR) is 226 cm³/mol. The summed E-state index contributed by atoms with van der Waals surface area (Å²) in [5.74, 6) is 0. The summed E-state index contributed by atoms with van der Waals surface area (Å²) in [7, 11) is 9.33. The van der Waals surface area contributed by atoms with E-state index in [0.717, 1.165) is 21.3 Å². The van der Waals surface area contributed by atoms with Gasteiger partial charge in [0, 0.05) is 73.7 Å². The largest absolute Gasteiger partial charge is 1.00 e. The molecule has 0 bridgehead atoms. The number of likely N-dealkylation sites (N-methyl/N-ethyl adjacent to an activating group) is 4. The lowest BCUT2D eigenvalue weighted by molar-refractivity contribution is -0.905. The number of rotatable bonds is 12. The van der Waals surface area contributed by atoms with E-state index in [4.69, 9.17) is 0 Å². The van der Waals surface area contributed by atoms with Crippen LogP contribution in [0, 0.1) is 0 Å². The molecule has 0 aromatic carbocycles. The molecule has 4 rings (SSSR count). The average Bonchev–Trinajstić information content (AvgIpc) is 3.07. The molecule has 8 nitrogen and oxygen atoms in total. The van der Waals surface area contributed by atoms with E-state index < -0.39 is 0 Å². The van der Waals surface area contributed by atoms with Gasteiger partial charge in [0.05, 0.1) is 107 Å². The van der Waals surface area contributed by atoms with Crippen molar-refractivity contribution in [2.24, 2.45) is 0 Å². The summed E-state index contributed by atoms with van der Waals surface area (Å²) in [6, 6.07) is 0. The van der Waals surface area contributed by atoms with Gasteiger partial charge in [0.25, 0.3) is 0 Å². The molecule has 4 fully saturated rings. The van der Waals surface area contributed by atoms with Crippen LogP contribution in [0.15, 0.2) is 48.6 Å². The minimum atomic E-state index is 0. The average molecular weight is 1210 g/mol. The van der Waals surface area contributed by atoms with E-state index in [-0.39, 0.29) is 63.4 Å². The topological polar surface area (TPSA) is 48.1 Å². The number of nitrogens with one attached hydrogen (secondary N) is 4. The smallest absolute Gasteiger partial charge is 0.0972 e. The minimum absolute atomic E-state index is 0. The fraction of sp³-hybridized carbons (Fsp3) is 0.778. The summed E-state index contributed by atoms with van der Waals surface area (Å²) in [6.45, 7) is 24.1. The first-order valence-electron chi connectivity index (χ1n) is 18.1. The lowest BCUT2D eigenvalue weighted by atomic mass is 10.3. The third-order valence-corrected chi connectivity index (χ3v) is 11.3. The normalized spacial score (nSPS) is 21.4. The molecule has 0 radical (unpaired) electrons. The molecule has 0 amide bonds. The number of halogens is 8. The second-order valence-corrected chi connectivity index (χ2v) is 17.1. The van der Waals surface area contributed by atoms with E-state index in [0.29, 0.717) is 0 Å². The van der Waals surface area contributed by atoms with Crippen molar-refractivity contribution < 1.29 is 81.3 Å². The summed E-state index contributed by atoms with van der Waals surface area (Å²) in [5, 5.41) is 17.4. The van der Waals surface area contributed by atoms with E-state index in [9.17, 15) is 0 Å². The standard InChI is InChI=1S/4C9H18BrN2.3BrH.ClH/c4*1-12(7-3-2-4-10)8-5-11-6-9-12;;;;/h4*2-3,11H,4-9H2,1H3;4*1H/q4*+1;;;;/p-4/b4*3-2+;;;;. The second kappa shape index (κ2) is 37.6. The Bertz CT molecular complexity index is 763. The van der Waals surface area contributed by atoms with Gasteiger partial charge in [0.15, 0.2) is 0 Å². The van der Waals surface area contributed by atoms with Crippen molar-refractivity contribution in [1.29, 1.82) is 0 Å². The highest BCUT2D eigenvalue weighted by molar-refractivity contribution is 9.09. The third kappa shape index (κ3) is 31.3. The Morgan fingerprint density at radius 2 is 0.500 bits per heavy atom. The van der Waals surface area contributed by atoms with Gasteiger partial charge >= 0.3 is 0 Å². The first kappa shape index (κ1) is 61.0. The highest BCUT2D eigenvalue weighted by atomic mass is 79.9. The molecule has 4 N–H and O–H groups in total. The number of nitrogens with zero attached hydrogens (tertiary/aromatic N) is 4. The van der Waals surface area contributed by atoms with Crippen molar-refractivity contribution >= 4 is 63.7 Å². The molecular formula is C36H72Br7ClN8. The van der Waals surface area contributed by atoms with Crippen LogP contribution in [0.2, 0.25) is 0 Å². The fourth-order valence-corrected chi connectivity index (χ4v) is 7.09. The summed E-state index contributed by atoms with van der Waals surface area (Å²) < 4.78 is 4.76. The van der Waals surface area contributed by atoms with E-state index in [1.807, 2.05) is 0 Å². The van der Waals surface area contributed by atoms with Crippen molar-refractivity contribution in [1.82, 2.24) is 21.3 Å². The van der Waals surface area contributed by atoms with Gasteiger partial charge in [-0.1, -0.05) is 88.0 Å². The SMILES string of the molecule is C[N+]1(C/C=C/CBr)CCNCC1.C[N+]1(C/C=C/CBr)CCNCC1.C[N+]1(C/C=C/CBr)CCNCC1.C[N+]1(C/C=C/CBr)CCNCC1.[Br-].[Br-].[Br-].[Cl-]. The quantitative estimate of drug-likeness (QED) is 0.0894. The molecule has 4 saturated heterocycles. The van der Waals surface area contributed by atoms with Crippen molar-refractivity contribution in [3.8, 4) is 0 Å². The molecule has 4 aliphatic heterocycles. The van der Waals surface area contributed by atoms with Gasteiger partial charge in [-0.2, -0.15) is 0 Å². The van der Waals surface area contributed by atoms with Crippen molar-refractivity contribution in [2.45, 2.75) is 0 Å². The van der Waals surface area contributed by atoms with Crippen LogP contribution in [-0.2, 0) is 0 Å². The molecule has 0 atom stereocenters. The summed E-state index contributed by atoms with van der Waals surface area (Å²) in [5.41, 5.74) is 0. The molecule has 0 saturated carbocycles. The zero-order chi connectivity index (χ0) is 35.5. The molecular weight excluding hydrogens is 1140 g/mol. The van der Waals surface area contributed by atoms with Gasteiger partial charge in [0.1, 0.15) is 0 Å².